The van der Waals surface area contributed by atoms with Gasteiger partial charge in [0.05, 0.1) is 11.7 Å². The number of hydrogen-bond acceptors (Lipinski definition) is 3. The van der Waals surface area contributed by atoms with Crippen molar-refractivity contribution < 1.29 is 22.7 Å². The molecule has 1 amide bonds. The highest BCUT2D eigenvalue weighted by atomic mass is 19.4. The molecule has 0 aromatic heterocycles. The minimum Gasteiger partial charge on any atom is -0.364 e. The second kappa shape index (κ2) is 6.44. The molecule has 1 fully saturated rings. The van der Waals surface area contributed by atoms with Crippen LogP contribution in [0.5, 0.6) is 0 Å². The SMILES string of the molecule is NCC1CCC(C(=O)NCc2cccc(C(F)(F)F)c2)O1. The maximum Gasteiger partial charge on any atom is 0.416 e. The molecule has 0 saturated carbocycles. The van der Waals surface area contributed by atoms with Crippen LogP contribution < -0.4 is 11.1 Å². The van der Waals surface area contributed by atoms with Crippen molar-refractivity contribution >= 4 is 5.91 Å². The van der Waals surface area contributed by atoms with Gasteiger partial charge in [0.15, 0.2) is 0 Å². The van der Waals surface area contributed by atoms with Crippen molar-refractivity contribution in [1.29, 1.82) is 0 Å². The van der Waals surface area contributed by atoms with E-state index < -0.39 is 17.8 Å². The van der Waals surface area contributed by atoms with Crippen molar-refractivity contribution in [3.05, 3.63) is 35.4 Å². The first-order chi connectivity index (χ1) is 9.90. The Balaban J connectivity index is 1.90. The highest BCUT2D eigenvalue weighted by Gasteiger charge is 2.31. The smallest absolute Gasteiger partial charge is 0.364 e. The van der Waals surface area contributed by atoms with Gasteiger partial charge in [-0.25, -0.2) is 0 Å². The highest BCUT2D eigenvalue weighted by molar-refractivity contribution is 5.81. The lowest BCUT2D eigenvalue weighted by atomic mass is 10.1. The Morgan fingerprint density at radius 2 is 2.14 bits per heavy atom. The maximum absolute atomic E-state index is 12.6. The summed E-state index contributed by atoms with van der Waals surface area (Å²) in [6.07, 6.45) is -3.77. The van der Waals surface area contributed by atoms with Gasteiger partial charge in [-0.2, -0.15) is 13.2 Å². The monoisotopic (exact) mass is 302 g/mol. The first kappa shape index (κ1) is 15.8. The minimum atomic E-state index is -4.39. The Kier molecular flexibility index (Phi) is 4.84. The first-order valence-corrected chi connectivity index (χ1v) is 6.69. The van der Waals surface area contributed by atoms with Crippen molar-refractivity contribution in [3.8, 4) is 0 Å². The van der Waals surface area contributed by atoms with Crippen LogP contribution in [0.2, 0.25) is 0 Å². The average molecular weight is 302 g/mol. The molecule has 0 radical (unpaired) electrons. The third-order valence-corrected chi connectivity index (χ3v) is 3.38. The van der Waals surface area contributed by atoms with Gasteiger partial charge in [0.1, 0.15) is 6.10 Å². The number of alkyl halides is 3. The van der Waals surface area contributed by atoms with Gasteiger partial charge in [0, 0.05) is 13.1 Å². The van der Waals surface area contributed by atoms with Crippen LogP contribution in [0.4, 0.5) is 13.2 Å². The summed E-state index contributed by atoms with van der Waals surface area (Å²) >= 11 is 0. The lowest BCUT2D eigenvalue weighted by Crippen LogP contribution is -2.35. The van der Waals surface area contributed by atoms with Crippen LogP contribution >= 0.6 is 0 Å². The Labute approximate surface area is 120 Å². The average Bonchev–Trinajstić information content (AvgIpc) is 2.93. The number of halogens is 3. The van der Waals surface area contributed by atoms with Gasteiger partial charge in [-0.1, -0.05) is 12.1 Å². The molecule has 0 bridgehead atoms. The number of ether oxygens (including phenoxy) is 1. The summed E-state index contributed by atoms with van der Waals surface area (Å²) in [6, 6.07) is 4.88. The number of carbonyl (C=O) groups excluding carboxylic acids is 1. The van der Waals surface area contributed by atoms with E-state index in [0.717, 1.165) is 18.6 Å². The summed E-state index contributed by atoms with van der Waals surface area (Å²) in [5.41, 5.74) is 5.12. The molecule has 2 rings (SSSR count). The number of nitrogens with two attached hydrogens (primary N) is 1. The predicted molar refractivity (Wildman–Crippen MR) is 70.2 cm³/mol. The zero-order valence-electron chi connectivity index (χ0n) is 11.3. The van der Waals surface area contributed by atoms with Gasteiger partial charge in [0.25, 0.3) is 0 Å². The molecule has 1 aromatic carbocycles. The predicted octanol–water partition coefficient (Wildman–Crippen LogP) is 1.83. The van der Waals surface area contributed by atoms with Gasteiger partial charge in [0.2, 0.25) is 5.91 Å². The summed E-state index contributed by atoms with van der Waals surface area (Å²) in [7, 11) is 0. The largest absolute Gasteiger partial charge is 0.416 e. The van der Waals surface area contributed by atoms with Crippen LogP contribution in [-0.4, -0.2) is 24.7 Å². The molecule has 1 heterocycles. The number of nitrogens with one attached hydrogen (secondary N) is 1. The quantitative estimate of drug-likeness (QED) is 0.892. The number of benzene rings is 1. The standard InChI is InChI=1S/C14H17F3N2O2/c15-14(16,17)10-3-1-2-9(6-10)8-19-13(20)12-5-4-11(7-18)21-12/h1-3,6,11-12H,4-5,7-8,18H2,(H,19,20). The highest BCUT2D eigenvalue weighted by Crippen LogP contribution is 2.29. The number of amides is 1. The maximum atomic E-state index is 12.6. The molecular weight excluding hydrogens is 285 g/mol. The van der Waals surface area contributed by atoms with Gasteiger partial charge < -0.3 is 15.8 Å². The summed E-state index contributed by atoms with van der Waals surface area (Å²) in [5, 5.41) is 2.59. The van der Waals surface area contributed by atoms with Crippen LogP contribution in [0, 0.1) is 0 Å². The second-order valence-electron chi connectivity index (χ2n) is 4.98. The van der Waals surface area contributed by atoms with Gasteiger partial charge in [-0.3, -0.25) is 4.79 Å². The fraction of sp³-hybridized carbons (Fsp3) is 0.500. The van der Waals surface area contributed by atoms with E-state index in [9.17, 15) is 18.0 Å². The molecule has 0 spiro atoms. The van der Waals surface area contributed by atoms with Crippen LogP contribution in [0.3, 0.4) is 0 Å². The normalized spacial score (nSPS) is 22.3. The van der Waals surface area contributed by atoms with E-state index in [1.54, 1.807) is 0 Å². The van der Waals surface area contributed by atoms with Crippen molar-refractivity contribution in [3.63, 3.8) is 0 Å². The molecule has 2 atom stereocenters. The summed E-state index contributed by atoms with van der Waals surface area (Å²) in [5.74, 6) is -0.316. The lowest BCUT2D eigenvalue weighted by Gasteiger charge is -2.13. The van der Waals surface area contributed by atoms with E-state index >= 15 is 0 Å². The molecule has 21 heavy (non-hydrogen) atoms. The van der Waals surface area contributed by atoms with Gasteiger partial charge >= 0.3 is 6.18 Å². The topological polar surface area (TPSA) is 64.4 Å². The van der Waals surface area contributed by atoms with Crippen molar-refractivity contribution in [1.82, 2.24) is 5.32 Å². The van der Waals surface area contributed by atoms with Crippen LogP contribution in [0.15, 0.2) is 24.3 Å². The van der Waals surface area contributed by atoms with Crippen LogP contribution in [0.1, 0.15) is 24.0 Å². The van der Waals surface area contributed by atoms with E-state index in [2.05, 4.69) is 5.32 Å². The second-order valence-corrected chi connectivity index (χ2v) is 4.98. The molecule has 3 N–H and O–H groups in total. The molecule has 1 aromatic rings. The Morgan fingerprint density at radius 3 is 2.76 bits per heavy atom. The van der Waals surface area contributed by atoms with Crippen molar-refractivity contribution in [2.24, 2.45) is 5.73 Å². The third kappa shape index (κ3) is 4.18. The fourth-order valence-corrected chi connectivity index (χ4v) is 2.23. The zero-order valence-corrected chi connectivity index (χ0v) is 11.3. The Hall–Kier alpha value is -1.60. The first-order valence-electron chi connectivity index (χ1n) is 6.69. The molecule has 0 aliphatic carbocycles. The Bertz CT molecular complexity index is 505. The van der Waals surface area contributed by atoms with E-state index in [1.165, 1.54) is 12.1 Å². The van der Waals surface area contributed by atoms with E-state index in [4.69, 9.17) is 10.5 Å². The molecule has 1 saturated heterocycles. The number of rotatable bonds is 4. The van der Waals surface area contributed by atoms with E-state index in [-0.39, 0.29) is 18.6 Å². The fourth-order valence-electron chi connectivity index (χ4n) is 2.23. The Morgan fingerprint density at radius 1 is 1.38 bits per heavy atom. The van der Waals surface area contributed by atoms with Crippen molar-refractivity contribution in [2.75, 3.05) is 6.54 Å². The summed E-state index contributed by atoms with van der Waals surface area (Å²) in [6.45, 7) is 0.396. The van der Waals surface area contributed by atoms with Crippen LogP contribution in [0.25, 0.3) is 0 Å². The van der Waals surface area contributed by atoms with Crippen molar-refractivity contribution in [2.45, 2.75) is 37.8 Å². The number of hydrogen-bond donors (Lipinski definition) is 2. The van der Waals surface area contributed by atoms with Gasteiger partial charge in [-0.15, -0.1) is 0 Å². The molecule has 7 heteroatoms. The lowest BCUT2D eigenvalue weighted by molar-refractivity contribution is -0.137. The van der Waals surface area contributed by atoms with Crippen LogP contribution in [-0.2, 0) is 22.3 Å². The molecule has 116 valence electrons. The zero-order chi connectivity index (χ0) is 15.5. The van der Waals surface area contributed by atoms with Gasteiger partial charge in [-0.05, 0) is 30.5 Å². The molecule has 1 aliphatic heterocycles. The number of carbonyl (C=O) groups is 1. The summed E-state index contributed by atoms with van der Waals surface area (Å²) < 4.78 is 43.1. The van der Waals surface area contributed by atoms with E-state index in [0.29, 0.717) is 18.5 Å². The molecule has 1 aliphatic rings. The third-order valence-electron chi connectivity index (χ3n) is 3.38. The summed E-state index contributed by atoms with van der Waals surface area (Å²) in [4.78, 5) is 11.9. The molecule has 4 nitrogen and oxygen atoms in total. The minimum absolute atomic E-state index is 0.0376. The molecular formula is C14H17F3N2O2. The molecule has 2 unspecified atom stereocenters. The van der Waals surface area contributed by atoms with E-state index in [1.807, 2.05) is 0 Å².